The molecule has 7 aromatic carbocycles. The van der Waals surface area contributed by atoms with Crippen molar-refractivity contribution in [2.45, 2.75) is 18.8 Å². The number of anilines is 5. The minimum Gasteiger partial charge on any atom is -0.452 e. The van der Waals surface area contributed by atoms with Crippen LogP contribution in [0.4, 0.5) is 28.6 Å². The van der Waals surface area contributed by atoms with E-state index in [0.717, 1.165) is 57.5 Å². The molecule has 0 N–H and O–H groups in total. The van der Waals surface area contributed by atoms with Gasteiger partial charge in [-0.15, -0.1) is 0 Å². The lowest BCUT2D eigenvalue weighted by Gasteiger charge is -2.47. The molecule has 5 heteroatoms. The maximum atomic E-state index is 7.19. The highest BCUT2D eigenvalue weighted by Crippen LogP contribution is 2.67. The maximum absolute atomic E-state index is 7.19. The predicted octanol–water partition coefficient (Wildman–Crippen LogP) is 13.7. The van der Waals surface area contributed by atoms with E-state index < -0.39 is 5.41 Å². The van der Waals surface area contributed by atoms with Gasteiger partial charge in [0.2, 0.25) is 0 Å². The number of allylic oxidation sites excluding steroid dienone is 4. The van der Waals surface area contributed by atoms with Crippen LogP contribution in [0.2, 0.25) is 0 Å². The molecule has 12 rings (SSSR count). The van der Waals surface area contributed by atoms with Gasteiger partial charge in [-0.3, -0.25) is 4.90 Å². The van der Waals surface area contributed by atoms with Gasteiger partial charge in [0.15, 0.2) is 17.3 Å². The molecule has 2 aliphatic heterocycles. The second-order valence-electron chi connectivity index (χ2n) is 15.8. The van der Waals surface area contributed by atoms with E-state index in [0.29, 0.717) is 11.7 Å². The summed E-state index contributed by atoms with van der Waals surface area (Å²) in [5.41, 5.74) is 15.2. The first-order valence-electron chi connectivity index (χ1n) is 20.4. The standard InChI is InChI=1S/C54H38N4O/c1-35-29-30-42-48(33-35)57(38-21-9-4-10-22-38)45-26-14-13-25-41(45)54(42)40-24-12-11-23-39(40)51-43(54)31-32-47-52(51)59-49-28-16-15-27-46(49)58(47)50-34-44(36-17-5-2-6-18-36)55-53(56-50)37-19-7-3-8-20-37/h2-32,34-35H,33H2,1H3. The Bertz CT molecular complexity index is 2970. The Balaban J connectivity index is 1.14. The van der Waals surface area contributed by atoms with Crippen LogP contribution in [0.5, 0.6) is 11.5 Å². The lowest BCUT2D eigenvalue weighted by atomic mass is 9.62. The third-order valence-corrected chi connectivity index (χ3v) is 12.4. The van der Waals surface area contributed by atoms with Crippen molar-refractivity contribution < 1.29 is 4.74 Å². The van der Waals surface area contributed by atoms with Crippen molar-refractivity contribution in [2.24, 2.45) is 5.92 Å². The van der Waals surface area contributed by atoms with E-state index in [9.17, 15) is 0 Å². The van der Waals surface area contributed by atoms with Crippen LogP contribution in [0.15, 0.2) is 205 Å². The summed E-state index contributed by atoms with van der Waals surface area (Å²) in [5.74, 6) is 3.43. The number of hydrogen-bond donors (Lipinski definition) is 0. The summed E-state index contributed by atoms with van der Waals surface area (Å²) >= 11 is 0. The molecule has 0 fully saturated rings. The molecule has 5 nitrogen and oxygen atoms in total. The van der Waals surface area contributed by atoms with Crippen LogP contribution in [-0.4, -0.2) is 9.97 Å². The zero-order chi connectivity index (χ0) is 39.1. The molecular weight excluding hydrogens is 721 g/mol. The Labute approximate surface area is 343 Å². The van der Waals surface area contributed by atoms with Gasteiger partial charge in [-0.1, -0.05) is 159 Å². The molecule has 4 aliphatic rings. The van der Waals surface area contributed by atoms with Gasteiger partial charge < -0.3 is 9.64 Å². The number of rotatable bonds is 4. The summed E-state index contributed by atoms with van der Waals surface area (Å²) in [7, 11) is 0. The van der Waals surface area contributed by atoms with Gasteiger partial charge in [0.25, 0.3) is 0 Å². The van der Waals surface area contributed by atoms with E-state index in [1.807, 2.05) is 30.3 Å². The molecule has 1 aromatic heterocycles. The molecule has 2 unspecified atom stereocenters. The van der Waals surface area contributed by atoms with Crippen LogP contribution in [0.25, 0.3) is 33.8 Å². The highest BCUT2D eigenvalue weighted by atomic mass is 16.5. The molecule has 280 valence electrons. The second kappa shape index (κ2) is 13.0. The van der Waals surface area contributed by atoms with Crippen LogP contribution in [0, 0.1) is 5.92 Å². The van der Waals surface area contributed by atoms with E-state index in [2.05, 4.69) is 181 Å². The molecule has 0 amide bonds. The fourth-order valence-electron chi connectivity index (χ4n) is 9.96. The van der Waals surface area contributed by atoms with Crippen molar-refractivity contribution in [1.29, 1.82) is 0 Å². The van der Waals surface area contributed by atoms with Gasteiger partial charge in [-0.25, -0.2) is 9.97 Å². The van der Waals surface area contributed by atoms with Crippen molar-refractivity contribution in [3.63, 3.8) is 0 Å². The molecule has 2 aliphatic carbocycles. The SMILES string of the molecule is CC1C=CC2=C(C1)N(c1ccccc1)c1ccccc1C21c2ccccc2-c2c1ccc1c2Oc2ccccc2N1c1cc(-c2ccccc2)nc(-c2ccccc2)n1. The van der Waals surface area contributed by atoms with E-state index in [4.69, 9.17) is 14.7 Å². The number of ether oxygens (including phenoxy) is 1. The summed E-state index contributed by atoms with van der Waals surface area (Å²) in [6.07, 6.45) is 5.74. The van der Waals surface area contributed by atoms with Gasteiger partial charge in [-0.05, 0) is 76.6 Å². The third-order valence-electron chi connectivity index (χ3n) is 12.4. The van der Waals surface area contributed by atoms with Crippen molar-refractivity contribution in [3.8, 4) is 45.3 Å². The van der Waals surface area contributed by atoms with E-state index in [1.165, 1.54) is 44.9 Å². The van der Waals surface area contributed by atoms with Crippen LogP contribution in [0.3, 0.4) is 0 Å². The first-order valence-corrected chi connectivity index (χ1v) is 20.4. The van der Waals surface area contributed by atoms with Gasteiger partial charge >= 0.3 is 0 Å². The molecule has 3 heterocycles. The Morgan fingerprint density at radius 2 is 1.24 bits per heavy atom. The van der Waals surface area contributed by atoms with Gasteiger partial charge in [0.1, 0.15) is 5.82 Å². The fourth-order valence-corrected chi connectivity index (χ4v) is 9.96. The van der Waals surface area contributed by atoms with Crippen molar-refractivity contribution >= 4 is 28.6 Å². The molecule has 0 bridgehead atoms. The molecule has 0 saturated heterocycles. The summed E-state index contributed by atoms with van der Waals surface area (Å²) < 4.78 is 7.19. The highest BCUT2D eigenvalue weighted by Gasteiger charge is 2.54. The molecule has 0 saturated carbocycles. The van der Waals surface area contributed by atoms with E-state index in [-0.39, 0.29) is 0 Å². The fraction of sp³-hybridized carbons (Fsp3) is 0.0741. The summed E-state index contributed by atoms with van der Waals surface area (Å²) in [5, 5.41) is 0. The zero-order valence-electron chi connectivity index (χ0n) is 32.5. The molecule has 0 radical (unpaired) electrons. The summed E-state index contributed by atoms with van der Waals surface area (Å²) in [4.78, 5) is 15.2. The minimum atomic E-state index is -0.574. The second-order valence-corrected chi connectivity index (χ2v) is 15.8. The van der Waals surface area contributed by atoms with Crippen molar-refractivity contribution in [2.75, 3.05) is 9.80 Å². The number of benzene rings is 7. The molecule has 8 aromatic rings. The smallest absolute Gasteiger partial charge is 0.162 e. The van der Waals surface area contributed by atoms with Crippen molar-refractivity contribution in [1.82, 2.24) is 9.97 Å². The Morgan fingerprint density at radius 3 is 2.03 bits per heavy atom. The predicted molar refractivity (Wildman–Crippen MR) is 238 cm³/mol. The number of hydrogen-bond acceptors (Lipinski definition) is 5. The molecule has 1 spiro atoms. The number of nitrogens with zero attached hydrogens (tertiary/aromatic N) is 4. The Kier molecular flexibility index (Phi) is 7.42. The van der Waals surface area contributed by atoms with E-state index in [1.54, 1.807) is 0 Å². The first-order chi connectivity index (χ1) is 29.2. The first kappa shape index (κ1) is 33.6. The largest absolute Gasteiger partial charge is 0.452 e. The van der Waals surface area contributed by atoms with Crippen LogP contribution < -0.4 is 14.5 Å². The summed E-state index contributed by atoms with van der Waals surface area (Å²) in [6, 6.07) is 64.5. The highest BCUT2D eigenvalue weighted by molar-refractivity contribution is 6.00. The molecule has 59 heavy (non-hydrogen) atoms. The van der Waals surface area contributed by atoms with Gasteiger partial charge in [-0.2, -0.15) is 0 Å². The van der Waals surface area contributed by atoms with Crippen LogP contribution in [0.1, 0.15) is 30.0 Å². The number of fused-ring (bicyclic) bond motifs is 11. The average molecular weight is 759 g/mol. The quantitative estimate of drug-likeness (QED) is 0.179. The van der Waals surface area contributed by atoms with E-state index >= 15 is 0 Å². The monoisotopic (exact) mass is 758 g/mol. The molecular formula is C54H38N4O. The Hall–Kier alpha value is -7.50. The van der Waals surface area contributed by atoms with Crippen LogP contribution >= 0.6 is 0 Å². The molecule has 2 atom stereocenters. The maximum Gasteiger partial charge on any atom is 0.162 e. The Morgan fingerprint density at radius 1 is 0.576 bits per heavy atom. The lowest BCUT2D eigenvalue weighted by molar-refractivity contribution is 0.478. The minimum absolute atomic E-state index is 0.393. The normalized spacial score (nSPS) is 18.0. The number of para-hydroxylation sites is 4. The lowest BCUT2D eigenvalue weighted by Crippen LogP contribution is -2.40. The van der Waals surface area contributed by atoms with Gasteiger partial charge in [0, 0.05) is 34.1 Å². The average Bonchev–Trinajstić information content (AvgIpc) is 3.60. The van der Waals surface area contributed by atoms with Crippen LogP contribution in [-0.2, 0) is 5.41 Å². The topological polar surface area (TPSA) is 41.5 Å². The third kappa shape index (κ3) is 4.91. The number of aromatic nitrogens is 2. The summed E-state index contributed by atoms with van der Waals surface area (Å²) in [6.45, 7) is 2.32. The zero-order valence-corrected chi connectivity index (χ0v) is 32.5. The van der Waals surface area contributed by atoms with Crippen molar-refractivity contribution in [3.05, 3.63) is 222 Å². The van der Waals surface area contributed by atoms with Gasteiger partial charge in [0.05, 0.1) is 28.2 Å².